The third-order valence-electron chi connectivity index (χ3n) is 4.11. The maximum Gasteiger partial charge on any atom is 0.227 e. The molecule has 2 heterocycles. The van der Waals surface area contributed by atoms with Gasteiger partial charge in [0.15, 0.2) is 0 Å². The van der Waals surface area contributed by atoms with E-state index in [1.807, 2.05) is 30.5 Å². The fourth-order valence-corrected chi connectivity index (χ4v) is 2.71. The van der Waals surface area contributed by atoms with E-state index in [0.29, 0.717) is 17.8 Å². The van der Waals surface area contributed by atoms with Crippen molar-refractivity contribution in [2.75, 3.05) is 11.9 Å². The minimum atomic E-state index is 0.0204. The third-order valence-corrected chi connectivity index (χ3v) is 4.11. The highest BCUT2D eigenvalue weighted by Gasteiger charge is 2.12. The van der Waals surface area contributed by atoms with Gasteiger partial charge in [-0.05, 0) is 36.6 Å². The number of aryl methyl sites for hydroxylation is 1. The van der Waals surface area contributed by atoms with E-state index in [2.05, 4.69) is 16.0 Å². The summed E-state index contributed by atoms with van der Waals surface area (Å²) in [6.45, 7) is 0. The number of hydrogen-bond donors (Lipinski definition) is 1. The summed E-state index contributed by atoms with van der Waals surface area (Å²) >= 11 is 0. The van der Waals surface area contributed by atoms with Crippen LogP contribution in [0.25, 0.3) is 10.9 Å². The number of rotatable bonds is 5. The summed E-state index contributed by atoms with van der Waals surface area (Å²) in [6.07, 6.45) is 5.58. The maximum atomic E-state index is 12.3. The fourth-order valence-electron chi connectivity index (χ4n) is 2.71. The van der Waals surface area contributed by atoms with Crippen LogP contribution in [0.5, 0.6) is 0 Å². The van der Waals surface area contributed by atoms with E-state index in [-0.39, 0.29) is 5.91 Å². The number of aromatic nitrogens is 2. The van der Waals surface area contributed by atoms with Gasteiger partial charge in [0, 0.05) is 36.8 Å². The molecule has 0 bridgehead atoms. The van der Waals surface area contributed by atoms with Crippen molar-refractivity contribution in [3.63, 3.8) is 0 Å². The molecule has 3 rings (SSSR count). The van der Waals surface area contributed by atoms with Crippen molar-refractivity contribution >= 4 is 22.6 Å². The molecule has 0 spiro atoms. The number of pyridine rings is 1. The summed E-state index contributed by atoms with van der Waals surface area (Å²) in [5.74, 6) is 0.582. The van der Waals surface area contributed by atoms with Gasteiger partial charge in [0.2, 0.25) is 5.91 Å². The molecule has 0 atom stereocenters. The molecule has 0 saturated heterocycles. The third kappa shape index (κ3) is 3.28. The highest BCUT2D eigenvalue weighted by molar-refractivity contribution is 5.91. The summed E-state index contributed by atoms with van der Waals surface area (Å²) in [6, 6.07) is 13.5. The number of para-hydroxylation sites is 1. The van der Waals surface area contributed by atoms with Crippen LogP contribution in [-0.4, -0.2) is 22.9 Å². The average molecular weight is 318 g/mol. The number of nitrogens with zero attached hydrogens (tertiary/aromatic N) is 3. The van der Waals surface area contributed by atoms with Crippen LogP contribution in [0.1, 0.15) is 24.0 Å². The molecule has 0 aliphatic heterocycles. The monoisotopic (exact) mass is 318 g/mol. The molecule has 1 N–H and O–H groups in total. The van der Waals surface area contributed by atoms with Gasteiger partial charge < -0.3 is 4.98 Å². The molecule has 5 nitrogen and oxygen atoms in total. The van der Waals surface area contributed by atoms with Gasteiger partial charge in [-0.3, -0.25) is 9.69 Å². The number of amides is 1. The Morgan fingerprint density at radius 2 is 2.12 bits per heavy atom. The molecule has 0 aliphatic carbocycles. The Bertz CT molecular complexity index is 890. The van der Waals surface area contributed by atoms with Gasteiger partial charge in [-0.1, -0.05) is 18.2 Å². The Balaban J connectivity index is 1.57. The first-order chi connectivity index (χ1) is 11.7. The van der Waals surface area contributed by atoms with Crippen molar-refractivity contribution in [3.8, 4) is 6.07 Å². The Labute approximate surface area is 140 Å². The SMILES string of the molecule is CN(C(=O)CCCc1c[nH]c2ccccc12)c1ccc(C#N)cn1. The Hall–Kier alpha value is -3.13. The zero-order valence-electron chi connectivity index (χ0n) is 13.5. The summed E-state index contributed by atoms with van der Waals surface area (Å²) in [5.41, 5.74) is 2.84. The number of nitrogens with one attached hydrogen (secondary N) is 1. The van der Waals surface area contributed by atoms with Crippen LogP contribution >= 0.6 is 0 Å². The van der Waals surface area contributed by atoms with Crippen molar-refractivity contribution in [2.45, 2.75) is 19.3 Å². The molecule has 3 aromatic rings. The van der Waals surface area contributed by atoms with Gasteiger partial charge in [0.05, 0.1) is 5.56 Å². The smallest absolute Gasteiger partial charge is 0.227 e. The number of H-pyrrole nitrogens is 1. The molecule has 0 radical (unpaired) electrons. The molecule has 0 unspecified atom stereocenters. The van der Waals surface area contributed by atoms with Crippen LogP contribution in [0.4, 0.5) is 5.82 Å². The molecule has 0 fully saturated rings. The maximum absolute atomic E-state index is 12.3. The lowest BCUT2D eigenvalue weighted by Gasteiger charge is -2.16. The highest BCUT2D eigenvalue weighted by Crippen LogP contribution is 2.20. The molecular formula is C19H18N4O. The standard InChI is InChI=1S/C19H18N4O/c1-23(18-10-9-14(11-20)12-22-18)19(24)8-4-5-15-13-21-17-7-3-2-6-16(15)17/h2-3,6-7,9-10,12-13,21H,4-5,8H2,1H3. The minimum Gasteiger partial charge on any atom is -0.361 e. The van der Waals surface area contributed by atoms with Crippen LogP contribution in [0.2, 0.25) is 0 Å². The van der Waals surface area contributed by atoms with Gasteiger partial charge in [-0.15, -0.1) is 0 Å². The molecule has 2 aromatic heterocycles. The quantitative estimate of drug-likeness (QED) is 0.783. The van der Waals surface area contributed by atoms with Crippen LogP contribution in [0, 0.1) is 11.3 Å². The van der Waals surface area contributed by atoms with Crippen molar-refractivity contribution < 1.29 is 4.79 Å². The summed E-state index contributed by atoms with van der Waals surface area (Å²) < 4.78 is 0. The molecule has 0 saturated carbocycles. The van der Waals surface area contributed by atoms with Gasteiger partial charge in [0.1, 0.15) is 11.9 Å². The Morgan fingerprint density at radius 1 is 1.29 bits per heavy atom. The molecule has 0 aliphatic rings. The normalized spacial score (nSPS) is 10.5. The molecular weight excluding hydrogens is 300 g/mol. The van der Waals surface area contributed by atoms with Crippen molar-refractivity contribution in [2.24, 2.45) is 0 Å². The minimum absolute atomic E-state index is 0.0204. The molecule has 120 valence electrons. The van der Waals surface area contributed by atoms with Gasteiger partial charge in [-0.25, -0.2) is 4.98 Å². The van der Waals surface area contributed by atoms with Crippen molar-refractivity contribution in [3.05, 3.63) is 59.9 Å². The molecule has 1 amide bonds. The first kappa shape index (κ1) is 15.8. The van der Waals surface area contributed by atoms with Gasteiger partial charge in [-0.2, -0.15) is 5.26 Å². The molecule has 1 aromatic carbocycles. The lowest BCUT2D eigenvalue weighted by Crippen LogP contribution is -2.26. The number of carbonyl (C=O) groups excluding carboxylic acids is 1. The average Bonchev–Trinajstić information content (AvgIpc) is 3.04. The first-order valence-electron chi connectivity index (χ1n) is 7.87. The summed E-state index contributed by atoms with van der Waals surface area (Å²) in [7, 11) is 1.71. The fraction of sp³-hybridized carbons (Fsp3) is 0.211. The predicted octanol–water partition coefficient (Wildman–Crippen LogP) is 3.42. The number of aromatic amines is 1. The van der Waals surface area contributed by atoms with Crippen LogP contribution in [0.3, 0.4) is 0 Å². The lowest BCUT2D eigenvalue weighted by molar-refractivity contribution is -0.118. The van der Waals surface area contributed by atoms with E-state index in [0.717, 1.165) is 18.4 Å². The van der Waals surface area contributed by atoms with Crippen molar-refractivity contribution in [1.29, 1.82) is 5.26 Å². The second-order valence-corrected chi connectivity index (χ2v) is 5.68. The zero-order valence-corrected chi connectivity index (χ0v) is 13.5. The molecule has 24 heavy (non-hydrogen) atoms. The number of hydrogen-bond acceptors (Lipinski definition) is 3. The lowest BCUT2D eigenvalue weighted by atomic mass is 10.1. The first-order valence-corrected chi connectivity index (χ1v) is 7.87. The number of anilines is 1. The van der Waals surface area contributed by atoms with E-state index >= 15 is 0 Å². The predicted molar refractivity (Wildman–Crippen MR) is 93.6 cm³/mol. The van der Waals surface area contributed by atoms with E-state index in [1.54, 1.807) is 19.2 Å². The van der Waals surface area contributed by atoms with E-state index < -0.39 is 0 Å². The van der Waals surface area contributed by atoms with Gasteiger partial charge in [0.25, 0.3) is 0 Å². The number of benzene rings is 1. The second kappa shape index (κ2) is 6.97. The largest absolute Gasteiger partial charge is 0.361 e. The van der Waals surface area contributed by atoms with Crippen LogP contribution in [-0.2, 0) is 11.2 Å². The van der Waals surface area contributed by atoms with E-state index in [9.17, 15) is 4.79 Å². The second-order valence-electron chi connectivity index (χ2n) is 5.68. The van der Waals surface area contributed by atoms with Crippen molar-refractivity contribution in [1.82, 2.24) is 9.97 Å². The molecule has 5 heteroatoms. The number of fused-ring (bicyclic) bond motifs is 1. The van der Waals surface area contributed by atoms with E-state index in [4.69, 9.17) is 5.26 Å². The summed E-state index contributed by atoms with van der Waals surface area (Å²) in [4.78, 5) is 21.2. The Kier molecular flexibility index (Phi) is 4.57. The Morgan fingerprint density at radius 3 is 2.88 bits per heavy atom. The topological polar surface area (TPSA) is 72.8 Å². The van der Waals surface area contributed by atoms with Gasteiger partial charge >= 0.3 is 0 Å². The van der Waals surface area contributed by atoms with Crippen LogP contribution in [0.15, 0.2) is 48.8 Å². The number of carbonyl (C=O) groups is 1. The highest BCUT2D eigenvalue weighted by atomic mass is 16.2. The summed E-state index contributed by atoms with van der Waals surface area (Å²) in [5, 5.41) is 10.00. The zero-order chi connectivity index (χ0) is 16.9. The number of nitriles is 1. The van der Waals surface area contributed by atoms with Crippen LogP contribution < -0.4 is 4.90 Å². The van der Waals surface area contributed by atoms with E-state index in [1.165, 1.54) is 22.0 Å².